The first-order chi connectivity index (χ1) is 12.1. The van der Waals surface area contributed by atoms with Gasteiger partial charge in [-0.25, -0.2) is 4.99 Å². The number of nitrogens with zero attached hydrogens (tertiary/aromatic N) is 2. The standard InChI is InChI=1S/C20H20N2O2S/c1-3-14-9-11-16(12-10-14)21-20-22(4-2)19(24)18(25-20)13-15-7-5-6-8-17(15)23/h5-13,23H,3-4H2,1-2H3/b18-13-,21-20?. The van der Waals surface area contributed by atoms with E-state index in [1.54, 1.807) is 29.2 Å². The molecule has 0 spiro atoms. The van der Waals surface area contributed by atoms with E-state index >= 15 is 0 Å². The number of rotatable bonds is 4. The van der Waals surface area contributed by atoms with Crippen LogP contribution in [0.4, 0.5) is 5.69 Å². The number of amides is 1. The van der Waals surface area contributed by atoms with Gasteiger partial charge in [0.1, 0.15) is 5.75 Å². The number of aliphatic imine (C=N–C) groups is 1. The van der Waals surface area contributed by atoms with Crippen LogP contribution >= 0.6 is 11.8 Å². The normalized spacial score (nSPS) is 17.7. The zero-order chi connectivity index (χ0) is 17.8. The van der Waals surface area contributed by atoms with Crippen molar-refractivity contribution in [3.8, 4) is 5.75 Å². The van der Waals surface area contributed by atoms with E-state index in [1.165, 1.54) is 17.3 Å². The Balaban J connectivity index is 1.92. The second-order valence-electron chi connectivity index (χ2n) is 5.63. The molecule has 5 heteroatoms. The molecule has 128 valence electrons. The Kier molecular flexibility index (Phi) is 5.24. The lowest BCUT2D eigenvalue weighted by atomic mass is 10.2. The number of benzene rings is 2. The van der Waals surface area contributed by atoms with Gasteiger partial charge in [0.2, 0.25) is 0 Å². The predicted molar refractivity (Wildman–Crippen MR) is 104 cm³/mol. The summed E-state index contributed by atoms with van der Waals surface area (Å²) in [5, 5.41) is 10.6. The number of phenols is 1. The van der Waals surface area contributed by atoms with Crippen LogP contribution in [0.25, 0.3) is 6.08 Å². The SMILES string of the molecule is CCc1ccc(N=C2S/C(=C\c3ccccc3O)C(=O)N2CC)cc1. The van der Waals surface area contributed by atoms with Gasteiger partial charge in [-0.2, -0.15) is 0 Å². The summed E-state index contributed by atoms with van der Waals surface area (Å²) in [5.41, 5.74) is 2.71. The molecule has 0 atom stereocenters. The highest BCUT2D eigenvalue weighted by Gasteiger charge is 2.32. The first kappa shape index (κ1) is 17.3. The molecular formula is C20H20N2O2S. The predicted octanol–water partition coefficient (Wildman–Crippen LogP) is 4.58. The molecule has 1 aliphatic rings. The van der Waals surface area contributed by atoms with Gasteiger partial charge in [0.05, 0.1) is 10.6 Å². The molecule has 0 aliphatic carbocycles. The number of phenolic OH excluding ortho intramolecular Hbond substituents is 1. The third kappa shape index (κ3) is 3.77. The molecule has 1 fully saturated rings. The molecule has 4 nitrogen and oxygen atoms in total. The summed E-state index contributed by atoms with van der Waals surface area (Å²) in [6, 6.07) is 15.0. The minimum atomic E-state index is -0.0836. The van der Waals surface area contributed by atoms with E-state index in [-0.39, 0.29) is 11.7 Å². The van der Waals surface area contributed by atoms with Gasteiger partial charge in [0.15, 0.2) is 5.17 Å². The van der Waals surface area contributed by atoms with Crippen LogP contribution in [0.3, 0.4) is 0 Å². The van der Waals surface area contributed by atoms with Crippen LogP contribution in [-0.4, -0.2) is 27.6 Å². The number of amidine groups is 1. The molecule has 0 aromatic heterocycles. The van der Waals surface area contributed by atoms with Crippen molar-refractivity contribution >= 4 is 34.6 Å². The fraction of sp³-hybridized carbons (Fsp3) is 0.200. The minimum absolute atomic E-state index is 0.0836. The molecule has 25 heavy (non-hydrogen) atoms. The average molecular weight is 352 g/mol. The van der Waals surface area contributed by atoms with Crippen molar-refractivity contribution in [3.05, 3.63) is 64.6 Å². The lowest BCUT2D eigenvalue weighted by molar-refractivity contribution is -0.122. The molecule has 1 N–H and O–H groups in total. The molecule has 0 unspecified atom stereocenters. The van der Waals surface area contributed by atoms with Gasteiger partial charge in [-0.15, -0.1) is 0 Å². The second kappa shape index (κ2) is 7.57. The summed E-state index contributed by atoms with van der Waals surface area (Å²) in [6.07, 6.45) is 2.70. The number of hydrogen-bond acceptors (Lipinski definition) is 4. The van der Waals surface area contributed by atoms with Gasteiger partial charge in [0, 0.05) is 12.1 Å². The molecule has 1 amide bonds. The van der Waals surface area contributed by atoms with Crippen molar-refractivity contribution in [2.24, 2.45) is 4.99 Å². The Hall–Kier alpha value is -2.53. The molecule has 1 aliphatic heterocycles. The Morgan fingerprint density at radius 3 is 2.48 bits per heavy atom. The Labute approximate surface area is 151 Å². The van der Waals surface area contributed by atoms with Crippen LogP contribution in [0.1, 0.15) is 25.0 Å². The summed E-state index contributed by atoms with van der Waals surface area (Å²) >= 11 is 1.34. The van der Waals surface area contributed by atoms with Crippen molar-refractivity contribution in [1.82, 2.24) is 4.90 Å². The number of aromatic hydroxyl groups is 1. The molecular weight excluding hydrogens is 332 g/mol. The Bertz CT molecular complexity index is 841. The summed E-state index contributed by atoms with van der Waals surface area (Å²) in [5.74, 6) is 0.0756. The minimum Gasteiger partial charge on any atom is -0.507 e. The lowest BCUT2D eigenvalue weighted by Crippen LogP contribution is -2.28. The molecule has 0 radical (unpaired) electrons. The molecule has 0 saturated carbocycles. The number of para-hydroxylation sites is 1. The number of likely N-dealkylation sites (N-methyl/N-ethyl adjacent to an activating group) is 1. The molecule has 2 aromatic carbocycles. The van der Waals surface area contributed by atoms with Gasteiger partial charge >= 0.3 is 0 Å². The Morgan fingerprint density at radius 2 is 1.84 bits per heavy atom. The van der Waals surface area contributed by atoms with Gasteiger partial charge in [-0.3, -0.25) is 9.69 Å². The fourth-order valence-electron chi connectivity index (χ4n) is 2.54. The van der Waals surface area contributed by atoms with E-state index < -0.39 is 0 Å². The van der Waals surface area contributed by atoms with Crippen molar-refractivity contribution in [1.29, 1.82) is 0 Å². The fourth-order valence-corrected chi connectivity index (χ4v) is 3.59. The monoisotopic (exact) mass is 352 g/mol. The highest BCUT2D eigenvalue weighted by molar-refractivity contribution is 8.18. The largest absolute Gasteiger partial charge is 0.507 e. The van der Waals surface area contributed by atoms with Crippen molar-refractivity contribution < 1.29 is 9.90 Å². The van der Waals surface area contributed by atoms with Gasteiger partial charge in [-0.05, 0) is 54.9 Å². The van der Waals surface area contributed by atoms with E-state index in [0.29, 0.717) is 22.2 Å². The first-order valence-electron chi connectivity index (χ1n) is 8.29. The summed E-state index contributed by atoms with van der Waals surface area (Å²) in [7, 11) is 0. The van der Waals surface area contributed by atoms with Crippen LogP contribution in [0.15, 0.2) is 58.4 Å². The van der Waals surface area contributed by atoms with E-state index in [2.05, 4.69) is 24.0 Å². The number of hydrogen-bond donors (Lipinski definition) is 1. The average Bonchev–Trinajstić information content (AvgIpc) is 2.92. The smallest absolute Gasteiger partial charge is 0.266 e. The van der Waals surface area contributed by atoms with E-state index in [9.17, 15) is 9.90 Å². The van der Waals surface area contributed by atoms with Crippen LogP contribution in [0.5, 0.6) is 5.75 Å². The van der Waals surface area contributed by atoms with Crippen LogP contribution < -0.4 is 0 Å². The van der Waals surface area contributed by atoms with Gasteiger partial charge in [-0.1, -0.05) is 37.3 Å². The maximum Gasteiger partial charge on any atom is 0.266 e. The third-order valence-corrected chi connectivity index (χ3v) is 5.00. The highest BCUT2D eigenvalue weighted by atomic mass is 32.2. The number of carbonyl (C=O) groups excluding carboxylic acids is 1. The van der Waals surface area contributed by atoms with Crippen molar-refractivity contribution in [3.63, 3.8) is 0 Å². The van der Waals surface area contributed by atoms with Gasteiger partial charge < -0.3 is 5.11 Å². The quantitative estimate of drug-likeness (QED) is 0.820. The van der Waals surface area contributed by atoms with Gasteiger partial charge in [0.25, 0.3) is 5.91 Å². The zero-order valence-electron chi connectivity index (χ0n) is 14.3. The molecule has 0 bridgehead atoms. The van der Waals surface area contributed by atoms with Crippen molar-refractivity contribution in [2.45, 2.75) is 20.3 Å². The van der Waals surface area contributed by atoms with E-state index in [1.807, 2.05) is 25.1 Å². The molecule has 1 saturated heterocycles. The van der Waals surface area contributed by atoms with E-state index in [4.69, 9.17) is 0 Å². The Morgan fingerprint density at radius 1 is 1.12 bits per heavy atom. The molecule has 1 heterocycles. The first-order valence-corrected chi connectivity index (χ1v) is 9.11. The maximum atomic E-state index is 12.6. The number of thioether (sulfide) groups is 1. The number of carbonyl (C=O) groups is 1. The summed E-state index contributed by atoms with van der Waals surface area (Å²) < 4.78 is 0. The van der Waals surface area contributed by atoms with Crippen molar-refractivity contribution in [2.75, 3.05) is 6.54 Å². The number of aryl methyl sites for hydroxylation is 1. The summed E-state index contributed by atoms with van der Waals surface area (Å²) in [4.78, 5) is 19.5. The van der Waals surface area contributed by atoms with E-state index in [0.717, 1.165) is 12.1 Å². The zero-order valence-corrected chi connectivity index (χ0v) is 15.1. The van der Waals surface area contributed by atoms with Crippen LogP contribution in [-0.2, 0) is 11.2 Å². The molecule has 3 rings (SSSR count). The maximum absolute atomic E-state index is 12.6. The molecule has 2 aromatic rings. The highest BCUT2D eigenvalue weighted by Crippen LogP contribution is 2.35. The topological polar surface area (TPSA) is 52.9 Å². The van der Waals surface area contributed by atoms with Crippen LogP contribution in [0, 0.1) is 0 Å². The lowest BCUT2D eigenvalue weighted by Gasteiger charge is -2.12. The third-order valence-electron chi connectivity index (χ3n) is 4.00. The summed E-state index contributed by atoms with van der Waals surface area (Å²) in [6.45, 7) is 4.59. The second-order valence-corrected chi connectivity index (χ2v) is 6.64. The van der Waals surface area contributed by atoms with Crippen LogP contribution in [0.2, 0.25) is 0 Å².